The molecule has 0 atom stereocenters. The van der Waals surface area contributed by atoms with Gasteiger partial charge >= 0.3 is 0 Å². The van der Waals surface area contributed by atoms with E-state index in [0.717, 1.165) is 5.56 Å². The Morgan fingerprint density at radius 3 is 2.52 bits per heavy atom. The first-order valence-electron chi connectivity index (χ1n) is 7.21. The van der Waals surface area contributed by atoms with Crippen LogP contribution in [0.15, 0.2) is 12.1 Å². The predicted molar refractivity (Wildman–Crippen MR) is 86.9 cm³/mol. The van der Waals surface area contributed by atoms with Crippen molar-refractivity contribution in [2.75, 3.05) is 5.32 Å². The molecule has 118 valence electrons. The highest BCUT2D eigenvalue weighted by atomic mass is 16.2. The van der Waals surface area contributed by atoms with Crippen LogP contribution in [0.25, 0.3) is 11.0 Å². The van der Waals surface area contributed by atoms with Gasteiger partial charge in [0, 0.05) is 11.3 Å². The average Bonchev–Trinajstić information content (AvgIpc) is 3.06. The Morgan fingerprint density at radius 1 is 1.13 bits per heavy atom. The fraction of sp³-hybridized carbons (Fsp3) is 0.250. The van der Waals surface area contributed by atoms with Crippen LogP contribution in [0.1, 0.15) is 44.6 Å². The summed E-state index contributed by atoms with van der Waals surface area (Å²) in [6, 6.07) is 3.70. The maximum Gasteiger partial charge on any atom is 0.272 e. The molecule has 3 rings (SSSR count). The summed E-state index contributed by atoms with van der Waals surface area (Å²) in [6.07, 6.45) is 0. The topological polar surface area (TPSA) is 104 Å². The maximum atomic E-state index is 12.6. The van der Waals surface area contributed by atoms with E-state index in [1.807, 2.05) is 19.1 Å². The van der Waals surface area contributed by atoms with Crippen LogP contribution in [0.5, 0.6) is 0 Å². The number of carbonyl (C=O) groups is 2. The fourth-order valence-electron chi connectivity index (χ4n) is 2.85. The van der Waals surface area contributed by atoms with E-state index < -0.39 is 0 Å². The zero-order chi connectivity index (χ0) is 16.7. The van der Waals surface area contributed by atoms with Crippen molar-refractivity contribution < 1.29 is 9.59 Å². The number of nitrogens with zero attached hydrogens (tertiary/aromatic N) is 2. The van der Waals surface area contributed by atoms with Gasteiger partial charge in [-0.05, 0) is 44.9 Å². The van der Waals surface area contributed by atoms with Gasteiger partial charge in [-0.25, -0.2) is 0 Å². The van der Waals surface area contributed by atoms with Gasteiger partial charge in [-0.2, -0.15) is 15.4 Å². The molecule has 1 aromatic carbocycles. The second kappa shape index (κ2) is 5.35. The van der Waals surface area contributed by atoms with E-state index >= 15 is 0 Å². The number of hydrogen-bond acceptors (Lipinski definition) is 4. The molecule has 23 heavy (non-hydrogen) atoms. The monoisotopic (exact) mass is 311 g/mol. The first-order chi connectivity index (χ1) is 10.9. The van der Waals surface area contributed by atoms with Gasteiger partial charge in [0.25, 0.3) is 5.91 Å². The highest BCUT2D eigenvalue weighted by molar-refractivity contribution is 6.10. The molecule has 0 spiro atoms. The molecule has 7 nitrogen and oxygen atoms in total. The third kappa shape index (κ3) is 2.40. The predicted octanol–water partition coefficient (Wildman–Crippen LogP) is 2.67. The number of carbonyl (C=O) groups excluding carboxylic acids is 2. The van der Waals surface area contributed by atoms with Crippen molar-refractivity contribution in [3.8, 4) is 0 Å². The smallest absolute Gasteiger partial charge is 0.272 e. The Kier molecular flexibility index (Phi) is 3.48. The average molecular weight is 311 g/mol. The van der Waals surface area contributed by atoms with E-state index in [1.165, 1.54) is 6.92 Å². The normalized spacial score (nSPS) is 11.0. The number of amides is 1. The fourth-order valence-corrected chi connectivity index (χ4v) is 2.85. The summed E-state index contributed by atoms with van der Waals surface area (Å²) < 4.78 is 0. The van der Waals surface area contributed by atoms with Gasteiger partial charge in [-0.15, -0.1) is 0 Å². The summed E-state index contributed by atoms with van der Waals surface area (Å²) in [5, 5.41) is 13.5. The minimum Gasteiger partial charge on any atom is -0.354 e. The Bertz CT molecular complexity index is 935. The lowest BCUT2D eigenvalue weighted by Crippen LogP contribution is -2.15. The van der Waals surface area contributed by atoms with Crippen molar-refractivity contribution in [2.24, 2.45) is 0 Å². The lowest BCUT2D eigenvalue weighted by molar-refractivity contribution is 0.101. The van der Waals surface area contributed by atoms with Gasteiger partial charge in [-0.3, -0.25) is 9.59 Å². The van der Waals surface area contributed by atoms with E-state index in [2.05, 4.69) is 25.7 Å². The Labute approximate surface area is 132 Å². The second-order valence-electron chi connectivity index (χ2n) is 5.58. The highest BCUT2D eigenvalue weighted by Crippen LogP contribution is 2.25. The zero-order valence-corrected chi connectivity index (χ0v) is 13.4. The number of aromatic amines is 2. The standard InChI is InChI=1S/C16H17N5O2/c1-7-5-6-11-15(20-21-19-11)13(7)18-16(23)14-8(2)12(10(4)22)9(3)17-14/h5-6,17H,1-4H3,(H,18,23)(H,19,20,21). The molecule has 2 aromatic heterocycles. The van der Waals surface area contributed by atoms with E-state index in [1.54, 1.807) is 13.8 Å². The van der Waals surface area contributed by atoms with Crippen molar-refractivity contribution in [2.45, 2.75) is 27.7 Å². The number of benzene rings is 1. The van der Waals surface area contributed by atoms with Crippen LogP contribution in [0.3, 0.4) is 0 Å². The lowest BCUT2D eigenvalue weighted by atomic mass is 10.1. The number of Topliss-reactive ketones (excluding diaryl/α,β-unsaturated/α-hetero) is 1. The minimum atomic E-state index is -0.309. The molecule has 7 heteroatoms. The number of hydrogen-bond donors (Lipinski definition) is 3. The number of ketones is 1. The largest absolute Gasteiger partial charge is 0.354 e. The molecule has 0 fully saturated rings. The van der Waals surface area contributed by atoms with Gasteiger partial charge in [0.05, 0.1) is 5.69 Å². The minimum absolute atomic E-state index is 0.0647. The molecule has 0 saturated heterocycles. The molecule has 0 aliphatic carbocycles. The molecule has 0 saturated carbocycles. The van der Waals surface area contributed by atoms with Crippen LogP contribution in [-0.4, -0.2) is 32.1 Å². The van der Waals surface area contributed by atoms with Crippen molar-refractivity contribution in [1.82, 2.24) is 20.4 Å². The summed E-state index contributed by atoms with van der Waals surface area (Å²) in [7, 11) is 0. The summed E-state index contributed by atoms with van der Waals surface area (Å²) in [4.78, 5) is 27.3. The van der Waals surface area contributed by atoms with Gasteiger partial charge in [0.2, 0.25) is 0 Å². The Hall–Kier alpha value is -2.96. The molecule has 1 amide bonds. The SMILES string of the molecule is CC(=O)c1c(C)[nH]c(C(=O)Nc2c(C)ccc3n[nH]nc23)c1C. The molecule has 3 aromatic rings. The van der Waals surface area contributed by atoms with Crippen molar-refractivity contribution >= 4 is 28.4 Å². The van der Waals surface area contributed by atoms with Crippen LogP contribution in [0.2, 0.25) is 0 Å². The number of nitrogens with one attached hydrogen (secondary N) is 3. The summed E-state index contributed by atoms with van der Waals surface area (Å²) in [5.41, 5.74) is 5.05. The van der Waals surface area contributed by atoms with Crippen molar-refractivity contribution in [3.05, 3.63) is 40.2 Å². The van der Waals surface area contributed by atoms with Gasteiger partial charge in [0.15, 0.2) is 5.78 Å². The lowest BCUT2D eigenvalue weighted by Gasteiger charge is -2.08. The van der Waals surface area contributed by atoms with Gasteiger partial charge < -0.3 is 10.3 Å². The van der Waals surface area contributed by atoms with Crippen molar-refractivity contribution in [1.29, 1.82) is 0 Å². The van der Waals surface area contributed by atoms with Crippen molar-refractivity contribution in [3.63, 3.8) is 0 Å². The van der Waals surface area contributed by atoms with Crippen LogP contribution >= 0.6 is 0 Å². The van der Waals surface area contributed by atoms with Crippen LogP contribution < -0.4 is 5.32 Å². The molecule has 0 radical (unpaired) electrons. The van der Waals surface area contributed by atoms with E-state index in [4.69, 9.17) is 0 Å². The Morgan fingerprint density at radius 2 is 1.87 bits per heavy atom. The van der Waals surface area contributed by atoms with E-state index in [9.17, 15) is 9.59 Å². The maximum absolute atomic E-state index is 12.6. The van der Waals surface area contributed by atoms with Gasteiger partial charge in [0.1, 0.15) is 16.7 Å². The molecule has 2 heterocycles. The molecule has 0 bridgehead atoms. The number of rotatable bonds is 3. The molecule has 3 N–H and O–H groups in total. The first kappa shape index (κ1) is 15.0. The van der Waals surface area contributed by atoms with E-state index in [-0.39, 0.29) is 11.7 Å². The van der Waals surface area contributed by atoms with Gasteiger partial charge in [-0.1, -0.05) is 6.07 Å². The summed E-state index contributed by atoms with van der Waals surface area (Å²) >= 11 is 0. The third-order valence-corrected chi connectivity index (χ3v) is 3.95. The number of aryl methyl sites for hydroxylation is 2. The second-order valence-corrected chi connectivity index (χ2v) is 5.58. The Balaban J connectivity index is 2.02. The molecular weight excluding hydrogens is 294 g/mol. The quantitative estimate of drug-likeness (QED) is 0.647. The third-order valence-electron chi connectivity index (χ3n) is 3.95. The molecule has 0 unspecified atom stereocenters. The molecular formula is C16H17N5O2. The highest BCUT2D eigenvalue weighted by Gasteiger charge is 2.21. The number of H-pyrrole nitrogens is 2. The van der Waals surface area contributed by atoms with Crippen LogP contribution in [0.4, 0.5) is 5.69 Å². The number of fused-ring (bicyclic) bond motifs is 1. The van der Waals surface area contributed by atoms with Crippen LogP contribution in [0, 0.1) is 20.8 Å². The van der Waals surface area contributed by atoms with E-state index in [0.29, 0.717) is 39.2 Å². The summed E-state index contributed by atoms with van der Waals surface area (Å²) in [6.45, 7) is 6.92. The summed E-state index contributed by atoms with van der Waals surface area (Å²) in [5.74, 6) is -0.373. The molecule has 0 aliphatic heterocycles. The molecule has 0 aliphatic rings. The van der Waals surface area contributed by atoms with Crippen LogP contribution in [-0.2, 0) is 0 Å². The number of aromatic nitrogens is 4. The zero-order valence-electron chi connectivity index (χ0n) is 13.4. The number of anilines is 1. The first-order valence-corrected chi connectivity index (χ1v) is 7.21.